The molecule has 1 aromatic heterocycles. The monoisotopic (exact) mass is 288 g/mol. The number of rotatable bonds is 8. The lowest BCUT2D eigenvalue weighted by molar-refractivity contribution is 0.468. The maximum absolute atomic E-state index is 11.5. The highest BCUT2D eigenvalue weighted by molar-refractivity contribution is 7.90. The van der Waals surface area contributed by atoms with E-state index in [4.69, 9.17) is 0 Å². The molecule has 0 radical (unpaired) electrons. The van der Waals surface area contributed by atoms with Crippen molar-refractivity contribution in [3.05, 3.63) is 12.2 Å². The van der Waals surface area contributed by atoms with Crippen LogP contribution in [0.25, 0.3) is 0 Å². The molecule has 1 N–H and O–H groups in total. The normalized spacial score (nSPS) is 13.9. The summed E-state index contributed by atoms with van der Waals surface area (Å²) in [6.45, 7) is 6.92. The molecule has 0 aliphatic rings. The molecule has 0 bridgehead atoms. The van der Waals surface area contributed by atoms with E-state index in [-0.39, 0.29) is 17.8 Å². The van der Waals surface area contributed by atoms with E-state index in [1.165, 1.54) is 12.6 Å². The average molecular weight is 288 g/mol. The third-order valence-electron chi connectivity index (χ3n) is 2.75. The Balaban J connectivity index is 2.78. The predicted molar refractivity (Wildman–Crippen MR) is 75.9 cm³/mol. The van der Waals surface area contributed by atoms with Crippen LogP contribution in [0.1, 0.15) is 39.1 Å². The van der Waals surface area contributed by atoms with E-state index >= 15 is 0 Å². The highest BCUT2D eigenvalue weighted by Crippen LogP contribution is 2.08. The van der Waals surface area contributed by atoms with Crippen molar-refractivity contribution in [2.75, 3.05) is 18.6 Å². The molecule has 1 heterocycles. The van der Waals surface area contributed by atoms with Gasteiger partial charge in [-0.25, -0.2) is 18.1 Å². The van der Waals surface area contributed by atoms with Crippen LogP contribution in [0.2, 0.25) is 0 Å². The second-order valence-corrected chi connectivity index (χ2v) is 7.35. The molecule has 7 heteroatoms. The van der Waals surface area contributed by atoms with Crippen molar-refractivity contribution in [2.24, 2.45) is 0 Å². The molecule has 0 aliphatic heterocycles. The van der Waals surface area contributed by atoms with Crippen LogP contribution in [0.3, 0.4) is 0 Å². The van der Waals surface area contributed by atoms with Crippen LogP contribution in [-0.2, 0) is 16.3 Å². The standard InChI is InChI=1S/C12H24N4O2S/c1-5-6-13-11(8-19(4,17)18)7-12-14-9-15-16(12)10(2)3/h9-11,13H,5-8H2,1-4H3. The van der Waals surface area contributed by atoms with E-state index in [1.807, 2.05) is 18.5 Å². The lowest BCUT2D eigenvalue weighted by atomic mass is 10.2. The first kappa shape index (κ1) is 16.1. The number of nitrogens with zero attached hydrogens (tertiary/aromatic N) is 3. The molecule has 1 unspecified atom stereocenters. The molecule has 0 fully saturated rings. The Kier molecular flexibility index (Phi) is 5.93. The predicted octanol–water partition coefficient (Wildman–Crippen LogP) is 0.814. The van der Waals surface area contributed by atoms with Crippen LogP contribution >= 0.6 is 0 Å². The van der Waals surface area contributed by atoms with Crippen LogP contribution in [0.5, 0.6) is 0 Å². The van der Waals surface area contributed by atoms with Gasteiger partial charge in [0.2, 0.25) is 0 Å². The molecule has 6 nitrogen and oxygen atoms in total. The van der Waals surface area contributed by atoms with Crippen LogP contribution in [0.15, 0.2) is 6.33 Å². The molecular formula is C12H24N4O2S. The maximum Gasteiger partial charge on any atom is 0.148 e. The van der Waals surface area contributed by atoms with Crippen molar-refractivity contribution < 1.29 is 8.42 Å². The molecule has 1 atom stereocenters. The summed E-state index contributed by atoms with van der Waals surface area (Å²) in [4.78, 5) is 4.23. The first-order valence-corrected chi connectivity index (χ1v) is 8.69. The van der Waals surface area contributed by atoms with Gasteiger partial charge < -0.3 is 5.32 Å². The molecule has 0 saturated carbocycles. The van der Waals surface area contributed by atoms with Gasteiger partial charge in [-0.3, -0.25) is 0 Å². The minimum Gasteiger partial charge on any atom is -0.313 e. The van der Waals surface area contributed by atoms with Gasteiger partial charge in [-0.15, -0.1) is 0 Å². The Hall–Kier alpha value is -0.950. The van der Waals surface area contributed by atoms with E-state index in [1.54, 1.807) is 0 Å². The number of hydrogen-bond donors (Lipinski definition) is 1. The topological polar surface area (TPSA) is 76.9 Å². The minimum absolute atomic E-state index is 0.114. The van der Waals surface area contributed by atoms with E-state index < -0.39 is 9.84 Å². The Morgan fingerprint density at radius 3 is 2.63 bits per heavy atom. The molecule has 110 valence electrons. The second-order valence-electron chi connectivity index (χ2n) is 5.16. The van der Waals surface area contributed by atoms with Gasteiger partial charge in [0.15, 0.2) is 0 Å². The van der Waals surface area contributed by atoms with Crippen molar-refractivity contribution in [3.63, 3.8) is 0 Å². The Morgan fingerprint density at radius 2 is 2.11 bits per heavy atom. The molecule has 0 saturated heterocycles. The number of sulfone groups is 1. The largest absolute Gasteiger partial charge is 0.313 e. The number of aromatic nitrogens is 3. The van der Waals surface area contributed by atoms with Crippen LogP contribution in [-0.4, -0.2) is 47.8 Å². The molecule has 1 rings (SSSR count). The molecular weight excluding hydrogens is 264 g/mol. The van der Waals surface area contributed by atoms with Crippen molar-refractivity contribution >= 4 is 9.84 Å². The first-order chi connectivity index (χ1) is 8.83. The lowest BCUT2D eigenvalue weighted by Crippen LogP contribution is -2.38. The van der Waals surface area contributed by atoms with Crippen LogP contribution in [0.4, 0.5) is 0 Å². The van der Waals surface area contributed by atoms with Crippen LogP contribution < -0.4 is 5.32 Å². The summed E-state index contributed by atoms with van der Waals surface area (Å²) in [5.41, 5.74) is 0. The highest BCUT2D eigenvalue weighted by atomic mass is 32.2. The summed E-state index contributed by atoms with van der Waals surface area (Å²) in [6, 6.07) is 0.110. The van der Waals surface area contributed by atoms with Gasteiger partial charge in [-0.05, 0) is 26.8 Å². The van der Waals surface area contributed by atoms with Gasteiger partial charge in [-0.2, -0.15) is 5.10 Å². The van der Waals surface area contributed by atoms with E-state index in [9.17, 15) is 8.42 Å². The highest BCUT2D eigenvalue weighted by Gasteiger charge is 2.18. The zero-order valence-corrected chi connectivity index (χ0v) is 12.9. The number of hydrogen-bond acceptors (Lipinski definition) is 5. The van der Waals surface area contributed by atoms with Gasteiger partial charge in [0.25, 0.3) is 0 Å². The fourth-order valence-electron chi connectivity index (χ4n) is 1.98. The fraction of sp³-hybridized carbons (Fsp3) is 0.833. The molecule has 0 aliphatic carbocycles. The summed E-state index contributed by atoms with van der Waals surface area (Å²) in [5.74, 6) is 0.949. The quantitative estimate of drug-likeness (QED) is 0.766. The first-order valence-electron chi connectivity index (χ1n) is 6.63. The smallest absolute Gasteiger partial charge is 0.148 e. The Bertz CT molecular complexity index is 482. The molecule has 0 aromatic carbocycles. The lowest BCUT2D eigenvalue weighted by Gasteiger charge is -2.18. The van der Waals surface area contributed by atoms with Gasteiger partial charge in [-0.1, -0.05) is 6.92 Å². The Morgan fingerprint density at radius 1 is 1.42 bits per heavy atom. The summed E-state index contributed by atoms with van der Waals surface area (Å²) in [6.07, 6.45) is 4.33. The maximum atomic E-state index is 11.5. The van der Waals surface area contributed by atoms with Crippen molar-refractivity contribution in [2.45, 2.75) is 45.7 Å². The summed E-state index contributed by atoms with van der Waals surface area (Å²) in [7, 11) is -3.01. The third-order valence-corrected chi connectivity index (χ3v) is 3.76. The SMILES string of the molecule is CCCNC(Cc1ncnn1C(C)C)CS(C)(=O)=O. The number of nitrogens with one attached hydrogen (secondary N) is 1. The summed E-state index contributed by atoms with van der Waals surface area (Å²) in [5, 5.41) is 7.44. The molecule has 19 heavy (non-hydrogen) atoms. The average Bonchev–Trinajstić information content (AvgIpc) is 2.72. The van der Waals surface area contributed by atoms with Gasteiger partial charge >= 0.3 is 0 Å². The third kappa shape index (κ3) is 5.69. The Labute approximate surface area is 115 Å². The van der Waals surface area contributed by atoms with Crippen molar-refractivity contribution in [3.8, 4) is 0 Å². The summed E-state index contributed by atoms with van der Waals surface area (Å²) >= 11 is 0. The van der Waals surface area contributed by atoms with Gasteiger partial charge in [0.1, 0.15) is 22.0 Å². The zero-order valence-electron chi connectivity index (χ0n) is 12.1. The van der Waals surface area contributed by atoms with E-state index in [0.29, 0.717) is 6.42 Å². The zero-order chi connectivity index (χ0) is 14.5. The van der Waals surface area contributed by atoms with E-state index in [0.717, 1.165) is 18.8 Å². The summed E-state index contributed by atoms with van der Waals surface area (Å²) < 4.78 is 24.8. The second kappa shape index (κ2) is 7.00. The van der Waals surface area contributed by atoms with E-state index in [2.05, 4.69) is 22.3 Å². The fourth-order valence-corrected chi connectivity index (χ4v) is 2.94. The van der Waals surface area contributed by atoms with Crippen molar-refractivity contribution in [1.82, 2.24) is 20.1 Å². The van der Waals surface area contributed by atoms with Crippen LogP contribution in [0, 0.1) is 0 Å². The molecule has 0 amide bonds. The minimum atomic E-state index is -3.01. The van der Waals surface area contributed by atoms with Crippen molar-refractivity contribution in [1.29, 1.82) is 0 Å². The molecule has 0 spiro atoms. The van der Waals surface area contributed by atoms with Gasteiger partial charge in [0, 0.05) is 24.8 Å². The molecule has 1 aromatic rings. The van der Waals surface area contributed by atoms with Gasteiger partial charge in [0.05, 0.1) is 5.75 Å².